The third-order valence-electron chi connectivity index (χ3n) is 1.70. The van der Waals surface area contributed by atoms with Gasteiger partial charge in [0, 0.05) is 5.75 Å². The molecule has 2 N–H and O–H groups in total. The van der Waals surface area contributed by atoms with E-state index in [-0.39, 0.29) is 6.61 Å². The van der Waals surface area contributed by atoms with Crippen molar-refractivity contribution < 1.29 is 15.0 Å². The highest BCUT2D eigenvalue weighted by molar-refractivity contribution is 8.00. The molecule has 0 aliphatic carbocycles. The molecular weight excluding hydrogens is 200 g/mol. The molecule has 4 heteroatoms. The van der Waals surface area contributed by atoms with Gasteiger partial charge in [-0.25, -0.2) is 0 Å². The molecule has 1 aromatic rings. The molecule has 0 fully saturated rings. The van der Waals surface area contributed by atoms with Crippen LogP contribution in [0.2, 0.25) is 0 Å². The van der Waals surface area contributed by atoms with Gasteiger partial charge in [-0.3, -0.25) is 4.79 Å². The lowest BCUT2D eigenvalue weighted by Gasteiger charge is -2.10. The molecule has 0 aromatic heterocycles. The number of thioether (sulfide) groups is 1. The van der Waals surface area contributed by atoms with E-state index in [1.165, 1.54) is 11.8 Å². The fraction of sp³-hybridized carbons (Fsp3) is 0.300. The highest BCUT2D eigenvalue weighted by Gasteiger charge is 2.19. The monoisotopic (exact) mass is 212 g/mol. The third kappa shape index (κ3) is 3.05. The Bertz CT molecular complexity index is 287. The summed E-state index contributed by atoms with van der Waals surface area (Å²) in [6.45, 7) is 0.00127. The summed E-state index contributed by atoms with van der Waals surface area (Å²) in [5, 5.41) is 17.0. The number of benzene rings is 1. The van der Waals surface area contributed by atoms with Crippen LogP contribution in [0.1, 0.15) is 10.8 Å². The number of carboxylic acid groups (broad SMARTS) is 1. The molecule has 1 rings (SSSR count). The number of aliphatic hydroxyl groups excluding tert-OH is 1. The van der Waals surface area contributed by atoms with Crippen LogP contribution in [0, 0.1) is 0 Å². The predicted octanol–water partition coefficient (Wildman–Crippen LogP) is 1.54. The zero-order valence-corrected chi connectivity index (χ0v) is 8.41. The first-order valence-corrected chi connectivity index (χ1v) is 5.31. The predicted molar refractivity (Wildman–Crippen MR) is 56.4 cm³/mol. The smallest absolute Gasteiger partial charge is 0.321 e. The van der Waals surface area contributed by atoms with Gasteiger partial charge in [0.2, 0.25) is 0 Å². The molecule has 3 nitrogen and oxygen atoms in total. The number of carboxylic acids is 1. The molecule has 0 saturated carbocycles. The number of aliphatic carboxylic acids is 1. The molecule has 1 aromatic carbocycles. The highest BCUT2D eigenvalue weighted by Crippen LogP contribution is 2.28. The second-order valence-electron chi connectivity index (χ2n) is 2.72. The first-order valence-electron chi connectivity index (χ1n) is 4.26. The third-order valence-corrected chi connectivity index (χ3v) is 2.93. The normalized spacial score (nSPS) is 12.4. The van der Waals surface area contributed by atoms with Crippen LogP contribution in [0.3, 0.4) is 0 Å². The highest BCUT2D eigenvalue weighted by atomic mass is 32.2. The number of hydrogen-bond acceptors (Lipinski definition) is 3. The summed E-state index contributed by atoms with van der Waals surface area (Å²) in [7, 11) is 0. The molecule has 0 radical (unpaired) electrons. The maximum absolute atomic E-state index is 10.9. The minimum atomic E-state index is -0.866. The molecule has 14 heavy (non-hydrogen) atoms. The van der Waals surface area contributed by atoms with Crippen molar-refractivity contribution in [1.29, 1.82) is 0 Å². The zero-order chi connectivity index (χ0) is 10.4. The molecule has 0 amide bonds. The van der Waals surface area contributed by atoms with E-state index in [1.54, 1.807) is 12.1 Å². The van der Waals surface area contributed by atoms with Gasteiger partial charge in [0.15, 0.2) is 0 Å². The van der Waals surface area contributed by atoms with Crippen molar-refractivity contribution in [2.75, 3.05) is 12.4 Å². The van der Waals surface area contributed by atoms with Gasteiger partial charge >= 0.3 is 5.97 Å². The van der Waals surface area contributed by atoms with Gasteiger partial charge in [0.05, 0.1) is 6.61 Å². The van der Waals surface area contributed by atoms with Gasteiger partial charge in [-0.2, -0.15) is 0 Å². The van der Waals surface area contributed by atoms with Gasteiger partial charge in [0.25, 0.3) is 0 Å². The maximum Gasteiger partial charge on any atom is 0.321 e. The van der Waals surface area contributed by atoms with E-state index < -0.39 is 11.2 Å². The van der Waals surface area contributed by atoms with E-state index in [4.69, 9.17) is 10.2 Å². The summed E-state index contributed by atoms with van der Waals surface area (Å²) in [6, 6.07) is 9.03. The number of aliphatic hydroxyl groups is 1. The van der Waals surface area contributed by atoms with E-state index in [0.717, 1.165) is 5.56 Å². The summed E-state index contributed by atoms with van der Waals surface area (Å²) in [5.41, 5.74) is 0.762. The Kier molecular flexibility index (Phi) is 4.49. The SMILES string of the molecule is O=C(O)C(SCCO)c1ccccc1. The maximum atomic E-state index is 10.9. The van der Waals surface area contributed by atoms with Crippen molar-refractivity contribution >= 4 is 17.7 Å². The lowest BCUT2D eigenvalue weighted by molar-refractivity contribution is -0.136. The summed E-state index contributed by atoms with van der Waals surface area (Å²) >= 11 is 1.23. The minimum absolute atomic E-state index is 0.00127. The summed E-state index contributed by atoms with van der Waals surface area (Å²) < 4.78 is 0. The Hall–Kier alpha value is -1.00. The zero-order valence-electron chi connectivity index (χ0n) is 7.59. The molecule has 0 heterocycles. The van der Waals surface area contributed by atoms with Gasteiger partial charge < -0.3 is 10.2 Å². The number of rotatable bonds is 5. The number of carbonyl (C=O) groups is 1. The van der Waals surface area contributed by atoms with Crippen LogP contribution in [0.5, 0.6) is 0 Å². The Labute approximate surface area is 86.8 Å². The largest absolute Gasteiger partial charge is 0.480 e. The average molecular weight is 212 g/mol. The van der Waals surface area contributed by atoms with Gasteiger partial charge in [0.1, 0.15) is 5.25 Å². The van der Waals surface area contributed by atoms with Crippen LogP contribution in [-0.2, 0) is 4.79 Å². The molecule has 0 bridgehead atoms. The Morgan fingerprint density at radius 2 is 2.00 bits per heavy atom. The number of hydrogen-bond donors (Lipinski definition) is 2. The van der Waals surface area contributed by atoms with Crippen LogP contribution < -0.4 is 0 Å². The molecule has 0 aliphatic heterocycles. The second kappa shape index (κ2) is 5.67. The quantitative estimate of drug-likeness (QED) is 0.777. The minimum Gasteiger partial charge on any atom is -0.480 e. The Morgan fingerprint density at radius 3 is 2.50 bits per heavy atom. The molecule has 0 saturated heterocycles. The van der Waals surface area contributed by atoms with Crippen molar-refractivity contribution in [3.8, 4) is 0 Å². The molecule has 0 spiro atoms. The first kappa shape index (κ1) is 11.1. The standard InChI is InChI=1S/C10H12O3S/c11-6-7-14-9(10(12)13)8-4-2-1-3-5-8/h1-5,9,11H,6-7H2,(H,12,13). The Morgan fingerprint density at radius 1 is 1.36 bits per heavy atom. The van der Waals surface area contributed by atoms with Gasteiger partial charge in [-0.05, 0) is 5.56 Å². The van der Waals surface area contributed by atoms with Crippen molar-refractivity contribution in [2.24, 2.45) is 0 Å². The van der Waals surface area contributed by atoms with Crippen LogP contribution in [0.4, 0.5) is 0 Å². The van der Waals surface area contributed by atoms with E-state index in [1.807, 2.05) is 18.2 Å². The second-order valence-corrected chi connectivity index (χ2v) is 3.94. The van der Waals surface area contributed by atoms with Crippen LogP contribution in [0.15, 0.2) is 30.3 Å². The van der Waals surface area contributed by atoms with Gasteiger partial charge in [-0.1, -0.05) is 30.3 Å². The topological polar surface area (TPSA) is 57.5 Å². The van der Waals surface area contributed by atoms with Crippen LogP contribution in [-0.4, -0.2) is 28.5 Å². The van der Waals surface area contributed by atoms with E-state index in [0.29, 0.717) is 5.75 Å². The molecular formula is C10H12O3S. The van der Waals surface area contributed by atoms with Crippen molar-refractivity contribution in [3.63, 3.8) is 0 Å². The molecule has 0 aliphatic rings. The van der Waals surface area contributed by atoms with Crippen LogP contribution >= 0.6 is 11.8 Å². The van der Waals surface area contributed by atoms with Crippen molar-refractivity contribution in [1.82, 2.24) is 0 Å². The summed E-state index contributed by atoms with van der Waals surface area (Å²) in [4.78, 5) is 10.9. The van der Waals surface area contributed by atoms with Crippen molar-refractivity contribution in [3.05, 3.63) is 35.9 Å². The van der Waals surface area contributed by atoms with E-state index in [9.17, 15) is 4.79 Å². The molecule has 76 valence electrons. The fourth-order valence-electron chi connectivity index (χ4n) is 1.11. The first-order chi connectivity index (χ1) is 6.75. The van der Waals surface area contributed by atoms with Crippen molar-refractivity contribution in [2.45, 2.75) is 5.25 Å². The van der Waals surface area contributed by atoms with E-state index >= 15 is 0 Å². The van der Waals surface area contributed by atoms with Gasteiger partial charge in [-0.15, -0.1) is 11.8 Å². The van der Waals surface area contributed by atoms with Crippen LogP contribution in [0.25, 0.3) is 0 Å². The fourth-order valence-corrected chi connectivity index (χ4v) is 1.94. The molecule has 1 atom stereocenters. The lowest BCUT2D eigenvalue weighted by atomic mass is 10.1. The summed E-state index contributed by atoms with van der Waals surface area (Å²) in [5.74, 6) is -0.430. The average Bonchev–Trinajstić information content (AvgIpc) is 2.19. The Balaban J connectivity index is 2.73. The summed E-state index contributed by atoms with van der Waals surface area (Å²) in [6.07, 6.45) is 0. The molecule has 1 unspecified atom stereocenters. The van der Waals surface area contributed by atoms with E-state index in [2.05, 4.69) is 0 Å². The lowest BCUT2D eigenvalue weighted by Crippen LogP contribution is -2.09.